The second-order valence-electron chi connectivity index (χ2n) is 4.05. The van der Waals surface area contributed by atoms with Gasteiger partial charge in [-0.15, -0.1) is 0 Å². The number of likely N-dealkylation sites (tertiary alicyclic amines) is 1. The van der Waals surface area contributed by atoms with Crippen LogP contribution in [0.4, 0.5) is 0 Å². The van der Waals surface area contributed by atoms with Crippen molar-refractivity contribution in [3.8, 4) is 0 Å². The van der Waals surface area contributed by atoms with Crippen molar-refractivity contribution in [3.63, 3.8) is 0 Å². The zero-order valence-electron chi connectivity index (χ0n) is 7.43. The second-order valence-corrected chi connectivity index (χ2v) is 4.05. The molecule has 0 saturated carbocycles. The molecule has 0 aromatic carbocycles. The van der Waals surface area contributed by atoms with Gasteiger partial charge in [-0.3, -0.25) is 0 Å². The van der Waals surface area contributed by atoms with E-state index < -0.39 is 0 Å². The van der Waals surface area contributed by atoms with Crippen molar-refractivity contribution in [1.82, 2.24) is 4.90 Å². The van der Waals surface area contributed by atoms with Crippen LogP contribution < -0.4 is 0 Å². The molecule has 0 aromatic rings. The van der Waals surface area contributed by atoms with E-state index in [-0.39, 0.29) is 0 Å². The molecule has 1 heteroatoms. The minimum atomic E-state index is 0.871. The van der Waals surface area contributed by atoms with E-state index >= 15 is 0 Å². The average Bonchev–Trinajstić information content (AvgIpc) is 1.77. The topological polar surface area (TPSA) is 3.24 Å². The molecule has 60 valence electrons. The van der Waals surface area contributed by atoms with Gasteiger partial charge in [-0.2, -0.15) is 0 Å². The van der Waals surface area contributed by atoms with Gasteiger partial charge in [-0.1, -0.05) is 20.8 Å². The number of hydrogen-bond donors (Lipinski definition) is 0. The Labute approximate surface area is 64.4 Å². The third kappa shape index (κ3) is 2.30. The highest BCUT2D eigenvalue weighted by atomic mass is 15.2. The fourth-order valence-electron chi connectivity index (χ4n) is 1.45. The van der Waals surface area contributed by atoms with E-state index in [0.29, 0.717) is 0 Å². The van der Waals surface area contributed by atoms with Crippen molar-refractivity contribution < 1.29 is 0 Å². The molecule has 0 spiro atoms. The van der Waals surface area contributed by atoms with Crippen LogP contribution in [0.5, 0.6) is 0 Å². The standard InChI is InChI=1S/C9H19N/c1-8(2)4-5-10-6-9(3)7-10/h8-9H,4-7H2,1-3H3. The molecule has 1 nitrogen and oxygen atoms in total. The summed E-state index contributed by atoms with van der Waals surface area (Å²) in [7, 11) is 0. The lowest BCUT2D eigenvalue weighted by molar-refractivity contribution is 0.107. The molecule has 0 amide bonds. The summed E-state index contributed by atoms with van der Waals surface area (Å²) in [5, 5.41) is 0. The SMILES string of the molecule is CC(C)CCN1CC(C)C1. The van der Waals surface area contributed by atoms with Gasteiger partial charge in [0.25, 0.3) is 0 Å². The van der Waals surface area contributed by atoms with Crippen LogP contribution in [0.25, 0.3) is 0 Å². The first-order chi connectivity index (χ1) is 4.68. The summed E-state index contributed by atoms with van der Waals surface area (Å²) in [6, 6.07) is 0. The summed E-state index contributed by atoms with van der Waals surface area (Å²) in [6.45, 7) is 10.9. The van der Waals surface area contributed by atoms with Crippen LogP contribution in [0.2, 0.25) is 0 Å². The molecule has 1 heterocycles. The van der Waals surface area contributed by atoms with E-state index in [1.165, 1.54) is 26.1 Å². The molecule has 1 saturated heterocycles. The Morgan fingerprint density at radius 2 is 2.00 bits per heavy atom. The summed E-state index contributed by atoms with van der Waals surface area (Å²) < 4.78 is 0. The third-order valence-corrected chi connectivity index (χ3v) is 2.16. The van der Waals surface area contributed by atoms with Gasteiger partial charge in [0.15, 0.2) is 0 Å². The van der Waals surface area contributed by atoms with E-state index in [1.807, 2.05) is 0 Å². The van der Waals surface area contributed by atoms with E-state index in [9.17, 15) is 0 Å². The van der Waals surface area contributed by atoms with Crippen molar-refractivity contribution in [2.24, 2.45) is 11.8 Å². The Morgan fingerprint density at radius 3 is 2.40 bits per heavy atom. The highest BCUT2D eigenvalue weighted by Gasteiger charge is 2.21. The molecule has 10 heavy (non-hydrogen) atoms. The van der Waals surface area contributed by atoms with E-state index in [4.69, 9.17) is 0 Å². The smallest absolute Gasteiger partial charge is 0.00194 e. The molecule has 0 atom stereocenters. The zero-order valence-corrected chi connectivity index (χ0v) is 7.43. The molecule has 1 fully saturated rings. The molecule has 0 aromatic heterocycles. The van der Waals surface area contributed by atoms with E-state index in [1.54, 1.807) is 0 Å². The third-order valence-electron chi connectivity index (χ3n) is 2.16. The van der Waals surface area contributed by atoms with Crippen LogP contribution in [0.15, 0.2) is 0 Å². The van der Waals surface area contributed by atoms with Crippen molar-refractivity contribution in [2.45, 2.75) is 27.2 Å². The lowest BCUT2D eigenvalue weighted by Gasteiger charge is -2.37. The van der Waals surface area contributed by atoms with Gasteiger partial charge >= 0.3 is 0 Å². The van der Waals surface area contributed by atoms with Crippen LogP contribution in [-0.2, 0) is 0 Å². The van der Waals surface area contributed by atoms with Crippen LogP contribution in [0, 0.1) is 11.8 Å². The quantitative estimate of drug-likeness (QED) is 0.581. The molecule has 0 aliphatic carbocycles. The summed E-state index contributed by atoms with van der Waals surface area (Å²) in [5.41, 5.74) is 0. The summed E-state index contributed by atoms with van der Waals surface area (Å²) >= 11 is 0. The summed E-state index contributed by atoms with van der Waals surface area (Å²) in [4.78, 5) is 2.55. The Balaban J connectivity index is 1.95. The number of hydrogen-bond acceptors (Lipinski definition) is 1. The van der Waals surface area contributed by atoms with Gasteiger partial charge in [0.1, 0.15) is 0 Å². The largest absolute Gasteiger partial charge is 0.303 e. The fourth-order valence-corrected chi connectivity index (χ4v) is 1.45. The first-order valence-corrected chi connectivity index (χ1v) is 4.41. The number of nitrogens with zero attached hydrogens (tertiary/aromatic N) is 1. The maximum absolute atomic E-state index is 2.55. The van der Waals surface area contributed by atoms with Crippen LogP contribution in [0.3, 0.4) is 0 Å². The normalized spacial score (nSPS) is 21.6. The Kier molecular flexibility index (Phi) is 2.72. The minimum Gasteiger partial charge on any atom is -0.303 e. The summed E-state index contributed by atoms with van der Waals surface area (Å²) in [6.07, 6.45) is 1.37. The van der Waals surface area contributed by atoms with Gasteiger partial charge in [0.05, 0.1) is 0 Å². The van der Waals surface area contributed by atoms with E-state index in [2.05, 4.69) is 25.7 Å². The lowest BCUT2D eigenvalue weighted by atomic mass is 10.0. The molecule has 1 aliphatic heterocycles. The molecule has 0 N–H and O–H groups in total. The van der Waals surface area contributed by atoms with Gasteiger partial charge in [0, 0.05) is 13.1 Å². The number of rotatable bonds is 3. The molecular formula is C9H19N. The Hall–Kier alpha value is -0.0400. The molecular weight excluding hydrogens is 122 g/mol. The fraction of sp³-hybridized carbons (Fsp3) is 1.00. The molecule has 0 bridgehead atoms. The van der Waals surface area contributed by atoms with Gasteiger partial charge in [0.2, 0.25) is 0 Å². The average molecular weight is 141 g/mol. The van der Waals surface area contributed by atoms with Crippen molar-refractivity contribution >= 4 is 0 Å². The molecule has 0 radical (unpaired) electrons. The monoisotopic (exact) mass is 141 g/mol. The highest BCUT2D eigenvalue weighted by molar-refractivity contribution is 4.75. The van der Waals surface area contributed by atoms with Gasteiger partial charge in [-0.25, -0.2) is 0 Å². The first kappa shape index (κ1) is 8.06. The van der Waals surface area contributed by atoms with Crippen molar-refractivity contribution in [1.29, 1.82) is 0 Å². The predicted octanol–water partition coefficient (Wildman–Crippen LogP) is 1.98. The maximum atomic E-state index is 2.55. The second kappa shape index (κ2) is 3.38. The van der Waals surface area contributed by atoms with Crippen LogP contribution in [-0.4, -0.2) is 24.5 Å². The van der Waals surface area contributed by atoms with Crippen molar-refractivity contribution in [3.05, 3.63) is 0 Å². The zero-order chi connectivity index (χ0) is 7.56. The Bertz CT molecular complexity index is 92.9. The van der Waals surface area contributed by atoms with Gasteiger partial charge in [-0.05, 0) is 24.8 Å². The highest BCUT2D eigenvalue weighted by Crippen LogP contribution is 2.15. The predicted molar refractivity (Wildman–Crippen MR) is 45.1 cm³/mol. The van der Waals surface area contributed by atoms with Gasteiger partial charge < -0.3 is 4.90 Å². The Morgan fingerprint density at radius 1 is 1.40 bits per heavy atom. The molecule has 1 rings (SSSR count). The minimum absolute atomic E-state index is 0.871. The van der Waals surface area contributed by atoms with E-state index in [0.717, 1.165) is 11.8 Å². The molecule has 1 aliphatic rings. The van der Waals surface area contributed by atoms with Crippen LogP contribution >= 0.6 is 0 Å². The van der Waals surface area contributed by atoms with Crippen LogP contribution in [0.1, 0.15) is 27.2 Å². The summed E-state index contributed by atoms with van der Waals surface area (Å²) in [5.74, 6) is 1.84. The van der Waals surface area contributed by atoms with Crippen molar-refractivity contribution in [2.75, 3.05) is 19.6 Å². The first-order valence-electron chi connectivity index (χ1n) is 4.41. The lowest BCUT2D eigenvalue weighted by Crippen LogP contribution is -2.45. The molecule has 0 unspecified atom stereocenters. The maximum Gasteiger partial charge on any atom is 0.00194 e.